The molecule has 0 saturated carbocycles. The minimum Gasteiger partial charge on any atom is -0.506 e. The molecule has 1 saturated heterocycles. The van der Waals surface area contributed by atoms with E-state index in [4.69, 9.17) is 9.72 Å². The summed E-state index contributed by atoms with van der Waals surface area (Å²) in [4.78, 5) is 17.0. The van der Waals surface area contributed by atoms with Gasteiger partial charge in [0.2, 0.25) is 0 Å². The lowest BCUT2D eigenvalue weighted by Crippen LogP contribution is -2.44. The highest BCUT2D eigenvalue weighted by molar-refractivity contribution is 7.22. The molecule has 2 aliphatic rings. The van der Waals surface area contributed by atoms with Gasteiger partial charge in [0.05, 0.1) is 23.4 Å². The van der Waals surface area contributed by atoms with Crippen molar-refractivity contribution in [2.75, 3.05) is 63.1 Å². The Morgan fingerprint density at radius 1 is 1.08 bits per heavy atom. The summed E-state index contributed by atoms with van der Waals surface area (Å²) in [6.07, 6.45) is 2.98. The second kappa shape index (κ2) is 15.1. The van der Waals surface area contributed by atoms with Gasteiger partial charge >= 0.3 is 0 Å². The van der Waals surface area contributed by atoms with Crippen molar-refractivity contribution in [1.82, 2.24) is 30.0 Å². The molecule has 0 atom stereocenters. The number of para-hydroxylation sites is 1. The van der Waals surface area contributed by atoms with Gasteiger partial charge in [-0.05, 0) is 70.0 Å². The van der Waals surface area contributed by atoms with Crippen LogP contribution in [0.25, 0.3) is 16.0 Å². The summed E-state index contributed by atoms with van der Waals surface area (Å²) in [6, 6.07) is 12.9. The van der Waals surface area contributed by atoms with E-state index in [-0.39, 0.29) is 11.5 Å². The molecule has 0 aliphatic carbocycles. The molecule has 0 amide bonds. The molecule has 5 heterocycles. The molecule has 7 rings (SSSR count). The third-order valence-corrected chi connectivity index (χ3v) is 11.1. The maximum Gasteiger partial charge on any atom is 0.192 e. The molecule has 2 aliphatic heterocycles. The first-order chi connectivity index (χ1) is 24.3. The van der Waals surface area contributed by atoms with Crippen molar-refractivity contribution in [3.8, 4) is 17.6 Å². The molecule has 10 nitrogen and oxygen atoms in total. The van der Waals surface area contributed by atoms with E-state index in [1.54, 1.807) is 23.5 Å². The zero-order chi connectivity index (χ0) is 34.6. The summed E-state index contributed by atoms with van der Waals surface area (Å²) in [5.74, 6) is 7.38. The lowest BCUT2D eigenvalue weighted by molar-refractivity contribution is 0.168. The van der Waals surface area contributed by atoms with Crippen LogP contribution in [0, 0.1) is 24.6 Å². The Kier molecular flexibility index (Phi) is 10.2. The predicted molar refractivity (Wildman–Crippen MR) is 200 cm³/mol. The van der Waals surface area contributed by atoms with Crippen molar-refractivity contribution in [1.29, 1.82) is 0 Å². The Morgan fingerprint density at radius 2 is 1.92 bits per heavy atom. The summed E-state index contributed by atoms with van der Waals surface area (Å²) in [7, 11) is 2.13. The Morgan fingerprint density at radius 3 is 2.72 bits per heavy atom. The van der Waals surface area contributed by atoms with E-state index >= 15 is 0 Å². The lowest BCUT2D eigenvalue weighted by atomic mass is 10.0. The van der Waals surface area contributed by atoms with Gasteiger partial charge in [-0.1, -0.05) is 41.9 Å². The van der Waals surface area contributed by atoms with Gasteiger partial charge < -0.3 is 25.0 Å². The Labute approximate surface area is 299 Å². The molecule has 258 valence electrons. The van der Waals surface area contributed by atoms with E-state index in [1.165, 1.54) is 17.4 Å². The fourth-order valence-corrected chi connectivity index (χ4v) is 8.15. The van der Waals surface area contributed by atoms with Gasteiger partial charge in [0.1, 0.15) is 11.5 Å². The topological polar surface area (TPSA) is 103 Å². The van der Waals surface area contributed by atoms with E-state index in [1.807, 2.05) is 18.2 Å². The van der Waals surface area contributed by atoms with Crippen molar-refractivity contribution in [2.45, 2.75) is 32.6 Å². The number of nitrogens with zero attached hydrogens (tertiary/aromatic N) is 7. The van der Waals surface area contributed by atoms with Crippen molar-refractivity contribution in [2.24, 2.45) is 0 Å². The number of aryl methyl sites for hydroxylation is 1. The highest BCUT2D eigenvalue weighted by atomic mass is 32.1. The normalized spacial score (nSPS) is 15.1. The van der Waals surface area contributed by atoms with Gasteiger partial charge in [-0.15, -0.1) is 21.5 Å². The zero-order valence-electron chi connectivity index (χ0n) is 28.2. The van der Waals surface area contributed by atoms with Crippen LogP contribution in [0.15, 0.2) is 49.0 Å². The van der Waals surface area contributed by atoms with Gasteiger partial charge in [0.25, 0.3) is 0 Å². The number of rotatable bonds is 10. The smallest absolute Gasteiger partial charge is 0.192 e. The van der Waals surface area contributed by atoms with Gasteiger partial charge in [-0.25, -0.2) is 14.4 Å². The monoisotopic (exact) mass is 710 g/mol. The summed E-state index contributed by atoms with van der Waals surface area (Å²) >= 11 is 3.08. The Hall–Kier alpha value is -4.61. The molecule has 3 aromatic heterocycles. The highest BCUT2D eigenvalue weighted by Gasteiger charge is 2.27. The molecule has 0 unspecified atom stereocenters. The molecule has 13 heteroatoms. The number of ether oxygens (including phenoxy) is 1. The third-order valence-electron chi connectivity index (χ3n) is 8.97. The van der Waals surface area contributed by atoms with E-state index in [2.05, 4.69) is 73.7 Å². The van der Waals surface area contributed by atoms with Crippen LogP contribution in [0.1, 0.15) is 40.1 Å². The summed E-state index contributed by atoms with van der Waals surface area (Å²) in [5, 5.41) is 24.5. The number of thiazole rings is 2. The number of piperazine rings is 1. The van der Waals surface area contributed by atoms with E-state index in [9.17, 15) is 9.50 Å². The number of aliphatic hydroxyl groups excluding tert-OH is 1. The predicted octanol–water partition coefficient (Wildman–Crippen LogP) is 6.96. The maximum absolute atomic E-state index is 14.8. The molecular formula is C37H39FN8O2S2. The van der Waals surface area contributed by atoms with Crippen molar-refractivity contribution < 1.29 is 14.2 Å². The molecule has 0 bridgehead atoms. The van der Waals surface area contributed by atoms with Crippen molar-refractivity contribution in [3.63, 3.8) is 0 Å². The van der Waals surface area contributed by atoms with Crippen LogP contribution in [-0.4, -0.2) is 88.0 Å². The van der Waals surface area contributed by atoms with Crippen LogP contribution in [-0.2, 0) is 12.8 Å². The molecule has 2 N–H and O–H groups in total. The standard InChI is InChI=1S/C37H39FN8O2S2/c1-24-27-10-7-17-46(35(27)43-42-34(24)41-36-39-29-11-4-5-12-31(29)49-36)37-40-33(25(2)47)32(50-37)13-8-22-48-30-15-14-26(23-28(30)38)9-6-16-45-20-18-44(3)19-21-45/h4-5,11-12,14-15,23,47H,2,7-8,10,13,16-22H2,1,3H3,(H,39,41,42). The van der Waals surface area contributed by atoms with Crippen LogP contribution in [0.2, 0.25) is 0 Å². The Bertz CT molecular complexity index is 2050. The zero-order valence-corrected chi connectivity index (χ0v) is 29.8. The fraction of sp³-hybridized carbons (Fsp3) is 0.351. The van der Waals surface area contributed by atoms with Crippen LogP contribution in [0.5, 0.6) is 5.75 Å². The number of hydrogen-bond acceptors (Lipinski definition) is 12. The summed E-state index contributed by atoms with van der Waals surface area (Å²) in [5.41, 5.74) is 4.17. The molecule has 2 aromatic carbocycles. The number of aliphatic hydroxyl groups is 1. The number of halogens is 1. The minimum atomic E-state index is -0.431. The van der Waals surface area contributed by atoms with E-state index in [0.717, 1.165) is 87.9 Å². The van der Waals surface area contributed by atoms with Gasteiger partial charge in [-0.2, -0.15) is 0 Å². The summed E-state index contributed by atoms with van der Waals surface area (Å²) in [6.45, 7) is 11.6. The molecule has 0 spiro atoms. The van der Waals surface area contributed by atoms with Crippen LogP contribution < -0.4 is 15.0 Å². The number of anilines is 4. The van der Waals surface area contributed by atoms with Crippen LogP contribution in [0.4, 0.5) is 26.3 Å². The van der Waals surface area contributed by atoms with Crippen molar-refractivity contribution >= 4 is 60.5 Å². The SMILES string of the molecule is C=C(O)c1nc(N2CCCc3c2nnc(Nc2nc4ccccc4s2)c3C)sc1CCCOc1ccc(C#CCN2CCN(C)CC2)cc1F. The molecular weight excluding hydrogens is 672 g/mol. The number of likely N-dealkylation sites (N-methyl/N-ethyl adjacent to an activating group) is 1. The van der Waals surface area contributed by atoms with Crippen molar-refractivity contribution in [3.05, 3.63) is 82.1 Å². The first-order valence-corrected chi connectivity index (χ1v) is 18.4. The maximum atomic E-state index is 14.8. The average molecular weight is 711 g/mol. The largest absolute Gasteiger partial charge is 0.506 e. The number of fused-ring (bicyclic) bond motifs is 2. The molecule has 0 radical (unpaired) electrons. The molecule has 5 aromatic rings. The first kappa shape index (κ1) is 33.9. The molecule has 1 fully saturated rings. The number of nitrogens with one attached hydrogen (secondary N) is 1. The second-order valence-electron chi connectivity index (χ2n) is 12.5. The van der Waals surface area contributed by atoms with Gasteiger partial charge in [0, 0.05) is 54.3 Å². The number of benzene rings is 2. The highest BCUT2D eigenvalue weighted by Crippen LogP contribution is 2.40. The second-order valence-corrected chi connectivity index (χ2v) is 14.6. The average Bonchev–Trinajstić information content (AvgIpc) is 3.73. The lowest BCUT2D eigenvalue weighted by Gasteiger charge is -2.30. The van der Waals surface area contributed by atoms with E-state index < -0.39 is 5.82 Å². The minimum absolute atomic E-state index is 0.0892. The van der Waals surface area contributed by atoms with Crippen LogP contribution >= 0.6 is 22.7 Å². The summed E-state index contributed by atoms with van der Waals surface area (Å²) < 4.78 is 21.8. The first-order valence-electron chi connectivity index (χ1n) is 16.8. The quantitative estimate of drug-likeness (QED) is 0.0899. The fourth-order valence-electron chi connectivity index (χ4n) is 6.13. The number of aromatic nitrogens is 4. The number of hydrogen-bond donors (Lipinski definition) is 2. The van der Waals surface area contributed by atoms with E-state index in [0.29, 0.717) is 43.1 Å². The third kappa shape index (κ3) is 7.58. The Balaban J connectivity index is 0.980. The van der Waals surface area contributed by atoms with Crippen LogP contribution in [0.3, 0.4) is 0 Å². The molecule has 50 heavy (non-hydrogen) atoms. The van der Waals surface area contributed by atoms with Gasteiger partial charge in [0.15, 0.2) is 33.5 Å². The van der Waals surface area contributed by atoms with Gasteiger partial charge in [-0.3, -0.25) is 4.90 Å².